The number of nitrogens with one attached hydrogen (secondary N) is 2. The molecule has 2 aliphatic heterocycles. The molecule has 0 radical (unpaired) electrons. The molecule has 0 unspecified atom stereocenters. The Morgan fingerprint density at radius 3 is 2.63 bits per heavy atom. The first-order chi connectivity index (χ1) is 18.7. The maximum atomic E-state index is 12.1. The third-order valence-corrected chi connectivity index (χ3v) is 6.93. The normalized spacial score (nSPS) is 15.8. The number of ether oxygens (including phenoxy) is 1. The van der Waals surface area contributed by atoms with E-state index in [1.54, 1.807) is 12.5 Å². The zero-order valence-electron chi connectivity index (χ0n) is 21.2. The van der Waals surface area contributed by atoms with Gasteiger partial charge in [0.05, 0.1) is 19.5 Å². The molecule has 0 aliphatic carbocycles. The molecular weight excluding hydrogens is 482 g/mol. The fourth-order valence-corrected chi connectivity index (χ4v) is 4.85. The van der Waals surface area contributed by atoms with Gasteiger partial charge in [-0.15, -0.1) is 0 Å². The van der Waals surface area contributed by atoms with Gasteiger partial charge < -0.3 is 29.7 Å². The number of hydrogen-bond donors (Lipinski definition) is 2. The molecule has 1 aromatic carbocycles. The number of benzene rings is 1. The third kappa shape index (κ3) is 5.37. The van der Waals surface area contributed by atoms with Crippen LogP contribution in [0.2, 0.25) is 0 Å². The lowest BCUT2D eigenvalue weighted by atomic mass is 10.2. The summed E-state index contributed by atoms with van der Waals surface area (Å²) in [5.41, 5.74) is 4.51. The van der Waals surface area contributed by atoms with E-state index in [1.165, 1.54) is 5.69 Å². The first-order valence-corrected chi connectivity index (χ1v) is 13.1. The fourth-order valence-electron chi connectivity index (χ4n) is 4.85. The number of aromatic nitrogens is 5. The zero-order chi connectivity index (χ0) is 25.7. The van der Waals surface area contributed by atoms with E-state index in [0.717, 1.165) is 50.5 Å². The van der Waals surface area contributed by atoms with Gasteiger partial charge in [0, 0.05) is 69.5 Å². The van der Waals surface area contributed by atoms with Crippen molar-refractivity contribution in [3.63, 3.8) is 0 Å². The SMILES string of the molecule is O=C1CCCN1CCn1cnc2c(NCc3cccnc3)nc(Nc3ccc(N4CCOCC4)cc3)nc21. The highest BCUT2D eigenvalue weighted by molar-refractivity contribution is 5.85. The third-order valence-electron chi connectivity index (χ3n) is 6.93. The predicted octanol–water partition coefficient (Wildman–Crippen LogP) is 3.04. The molecule has 3 aromatic heterocycles. The van der Waals surface area contributed by atoms with Gasteiger partial charge in [0.25, 0.3) is 0 Å². The molecule has 1 amide bonds. The standard InChI is InChI=1S/C27H31N9O2/c37-23-4-2-10-35(23)11-12-36-19-30-24-25(29-18-20-3-1-9-28-17-20)32-27(33-26(24)36)31-21-5-7-22(8-6-21)34-13-15-38-16-14-34/h1,3,5-9,17,19H,2,4,10-16,18H2,(H2,29,31,32,33). The molecular formula is C27H31N9O2. The number of fused-ring (bicyclic) bond motifs is 1. The number of hydrogen-bond acceptors (Lipinski definition) is 9. The molecule has 5 heterocycles. The first kappa shape index (κ1) is 24.1. The van der Waals surface area contributed by atoms with Crippen molar-refractivity contribution in [2.45, 2.75) is 25.9 Å². The lowest BCUT2D eigenvalue weighted by Crippen LogP contribution is -2.36. The van der Waals surface area contributed by atoms with E-state index in [4.69, 9.17) is 14.7 Å². The molecule has 0 saturated carbocycles. The zero-order valence-corrected chi connectivity index (χ0v) is 21.2. The van der Waals surface area contributed by atoms with E-state index < -0.39 is 0 Å². The molecule has 2 N–H and O–H groups in total. The summed E-state index contributed by atoms with van der Waals surface area (Å²) in [6, 6.07) is 12.2. The molecule has 11 nitrogen and oxygen atoms in total. The lowest BCUT2D eigenvalue weighted by Gasteiger charge is -2.28. The smallest absolute Gasteiger partial charge is 0.231 e. The van der Waals surface area contributed by atoms with Crippen LogP contribution in [-0.4, -0.2) is 74.7 Å². The van der Waals surface area contributed by atoms with Gasteiger partial charge >= 0.3 is 0 Å². The topological polar surface area (TPSA) is 113 Å². The van der Waals surface area contributed by atoms with Gasteiger partial charge in [0.1, 0.15) is 0 Å². The maximum Gasteiger partial charge on any atom is 0.231 e. The highest BCUT2D eigenvalue weighted by Gasteiger charge is 2.21. The number of pyridine rings is 1. The number of morpholine rings is 1. The van der Waals surface area contributed by atoms with Crippen LogP contribution >= 0.6 is 0 Å². The average Bonchev–Trinajstić information content (AvgIpc) is 3.57. The van der Waals surface area contributed by atoms with Gasteiger partial charge in [-0.05, 0) is 42.3 Å². The number of anilines is 4. The number of rotatable bonds is 9. The minimum atomic E-state index is 0.214. The largest absolute Gasteiger partial charge is 0.378 e. The number of likely N-dealkylation sites (tertiary alicyclic amines) is 1. The quantitative estimate of drug-likeness (QED) is 0.349. The number of nitrogens with zero attached hydrogens (tertiary/aromatic N) is 7. The summed E-state index contributed by atoms with van der Waals surface area (Å²) in [7, 11) is 0. The summed E-state index contributed by atoms with van der Waals surface area (Å²) in [5, 5.41) is 6.77. The molecule has 2 aliphatic rings. The Hall–Kier alpha value is -4.25. The first-order valence-electron chi connectivity index (χ1n) is 13.1. The second kappa shape index (κ2) is 11.0. The van der Waals surface area contributed by atoms with E-state index in [2.05, 4.69) is 37.6 Å². The minimum Gasteiger partial charge on any atom is -0.378 e. The number of imidazole rings is 1. The summed E-state index contributed by atoms with van der Waals surface area (Å²) in [6.45, 7) is 5.92. The van der Waals surface area contributed by atoms with Crippen LogP contribution in [0.3, 0.4) is 0 Å². The molecule has 6 rings (SSSR count). The van der Waals surface area contributed by atoms with E-state index in [9.17, 15) is 4.79 Å². The van der Waals surface area contributed by atoms with Gasteiger partial charge in [0.15, 0.2) is 17.0 Å². The van der Waals surface area contributed by atoms with Crippen LogP contribution < -0.4 is 15.5 Å². The van der Waals surface area contributed by atoms with Crippen LogP contribution in [0.1, 0.15) is 18.4 Å². The van der Waals surface area contributed by atoms with Crippen molar-refractivity contribution in [2.75, 3.05) is 54.9 Å². The van der Waals surface area contributed by atoms with Gasteiger partial charge in [-0.3, -0.25) is 9.78 Å². The Morgan fingerprint density at radius 2 is 1.87 bits per heavy atom. The molecule has 196 valence electrons. The molecule has 2 saturated heterocycles. The Morgan fingerprint density at radius 1 is 1.00 bits per heavy atom. The Labute approximate surface area is 220 Å². The van der Waals surface area contributed by atoms with Crippen molar-refractivity contribution in [3.05, 3.63) is 60.7 Å². The Kier molecular flexibility index (Phi) is 6.99. The van der Waals surface area contributed by atoms with E-state index in [-0.39, 0.29) is 5.91 Å². The van der Waals surface area contributed by atoms with E-state index in [0.29, 0.717) is 49.0 Å². The predicted molar refractivity (Wildman–Crippen MR) is 145 cm³/mol. The van der Waals surface area contributed by atoms with Crippen molar-refractivity contribution in [1.82, 2.24) is 29.4 Å². The van der Waals surface area contributed by atoms with Crippen molar-refractivity contribution in [3.8, 4) is 0 Å². The van der Waals surface area contributed by atoms with Crippen molar-refractivity contribution in [1.29, 1.82) is 0 Å². The van der Waals surface area contributed by atoms with E-state index >= 15 is 0 Å². The van der Waals surface area contributed by atoms with Crippen molar-refractivity contribution in [2.24, 2.45) is 0 Å². The highest BCUT2D eigenvalue weighted by Crippen LogP contribution is 2.25. The van der Waals surface area contributed by atoms with Crippen LogP contribution in [-0.2, 0) is 22.6 Å². The second-order valence-electron chi connectivity index (χ2n) is 9.48. The number of amides is 1. The van der Waals surface area contributed by atoms with Crippen LogP contribution in [0.15, 0.2) is 55.1 Å². The van der Waals surface area contributed by atoms with Crippen molar-refractivity contribution >= 4 is 40.2 Å². The number of carbonyl (C=O) groups is 1. The Bertz CT molecular complexity index is 1390. The Balaban J connectivity index is 1.25. The molecule has 38 heavy (non-hydrogen) atoms. The van der Waals surface area contributed by atoms with Gasteiger partial charge in [0.2, 0.25) is 11.9 Å². The molecule has 11 heteroatoms. The molecule has 0 bridgehead atoms. The fraction of sp³-hybridized carbons (Fsp3) is 0.370. The lowest BCUT2D eigenvalue weighted by molar-refractivity contribution is -0.127. The second-order valence-corrected chi connectivity index (χ2v) is 9.48. The molecule has 0 spiro atoms. The highest BCUT2D eigenvalue weighted by atomic mass is 16.5. The summed E-state index contributed by atoms with van der Waals surface area (Å²) < 4.78 is 7.46. The van der Waals surface area contributed by atoms with E-state index in [1.807, 2.05) is 39.9 Å². The monoisotopic (exact) mass is 513 g/mol. The summed E-state index contributed by atoms with van der Waals surface area (Å²) in [5.74, 6) is 1.33. The van der Waals surface area contributed by atoms with Crippen LogP contribution in [0, 0.1) is 0 Å². The summed E-state index contributed by atoms with van der Waals surface area (Å²) >= 11 is 0. The minimum absolute atomic E-state index is 0.214. The summed E-state index contributed by atoms with van der Waals surface area (Å²) in [4.78, 5) is 34.7. The van der Waals surface area contributed by atoms with Crippen LogP contribution in [0.25, 0.3) is 11.2 Å². The molecule has 4 aromatic rings. The molecule has 2 fully saturated rings. The van der Waals surface area contributed by atoms with Crippen LogP contribution in [0.4, 0.5) is 23.1 Å². The maximum absolute atomic E-state index is 12.1. The van der Waals surface area contributed by atoms with Crippen LogP contribution in [0.5, 0.6) is 0 Å². The van der Waals surface area contributed by atoms with Gasteiger partial charge in [-0.25, -0.2) is 4.98 Å². The number of carbonyl (C=O) groups excluding carboxylic acids is 1. The molecule has 0 atom stereocenters. The average molecular weight is 514 g/mol. The van der Waals surface area contributed by atoms with Gasteiger partial charge in [-0.1, -0.05) is 6.07 Å². The van der Waals surface area contributed by atoms with Crippen molar-refractivity contribution < 1.29 is 9.53 Å². The van der Waals surface area contributed by atoms with Gasteiger partial charge in [-0.2, -0.15) is 9.97 Å². The summed E-state index contributed by atoms with van der Waals surface area (Å²) in [6.07, 6.45) is 6.91.